The SMILES string of the molecule is CC(C)c1nc2ccccc2n1CCN.Cl.Cl. The summed E-state index contributed by atoms with van der Waals surface area (Å²) >= 11 is 0. The smallest absolute Gasteiger partial charge is 0.112 e. The van der Waals surface area contributed by atoms with E-state index in [0.717, 1.165) is 17.9 Å². The van der Waals surface area contributed by atoms with E-state index in [9.17, 15) is 0 Å². The highest BCUT2D eigenvalue weighted by Gasteiger charge is 2.11. The molecule has 5 heteroatoms. The number of halogens is 2. The molecule has 2 N–H and O–H groups in total. The van der Waals surface area contributed by atoms with Crippen LogP contribution in [0.25, 0.3) is 11.0 Å². The number of rotatable bonds is 3. The van der Waals surface area contributed by atoms with Gasteiger partial charge in [-0.15, -0.1) is 24.8 Å². The molecule has 0 aliphatic carbocycles. The van der Waals surface area contributed by atoms with E-state index in [0.29, 0.717) is 12.5 Å². The molecule has 0 saturated carbocycles. The van der Waals surface area contributed by atoms with Crippen LogP contribution in [0.4, 0.5) is 0 Å². The number of hydrogen-bond acceptors (Lipinski definition) is 2. The summed E-state index contributed by atoms with van der Waals surface area (Å²) < 4.78 is 2.22. The highest BCUT2D eigenvalue weighted by molar-refractivity contribution is 5.85. The molecule has 0 amide bonds. The van der Waals surface area contributed by atoms with Crippen LogP contribution in [-0.2, 0) is 6.54 Å². The monoisotopic (exact) mass is 275 g/mol. The molecule has 0 atom stereocenters. The molecular formula is C12H19Cl2N3. The Morgan fingerprint density at radius 2 is 1.88 bits per heavy atom. The van der Waals surface area contributed by atoms with E-state index in [1.54, 1.807) is 0 Å². The quantitative estimate of drug-likeness (QED) is 0.936. The molecular weight excluding hydrogens is 257 g/mol. The first-order valence-corrected chi connectivity index (χ1v) is 5.39. The summed E-state index contributed by atoms with van der Waals surface area (Å²) in [5.41, 5.74) is 7.88. The largest absolute Gasteiger partial charge is 0.329 e. The highest BCUT2D eigenvalue weighted by Crippen LogP contribution is 2.21. The van der Waals surface area contributed by atoms with Crippen molar-refractivity contribution in [1.29, 1.82) is 0 Å². The molecule has 2 rings (SSSR count). The Morgan fingerprint density at radius 1 is 1.24 bits per heavy atom. The fourth-order valence-corrected chi connectivity index (χ4v) is 1.90. The van der Waals surface area contributed by atoms with Crippen LogP contribution in [0.5, 0.6) is 0 Å². The van der Waals surface area contributed by atoms with E-state index in [1.807, 2.05) is 18.2 Å². The Labute approximate surface area is 114 Å². The summed E-state index contributed by atoms with van der Waals surface area (Å²) in [5.74, 6) is 1.56. The van der Waals surface area contributed by atoms with Gasteiger partial charge in [0.05, 0.1) is 11.0 Å². The Morgan fingerprint density at radius 3 is 2.47 bits per heavy atom. The van der Waals surface area contributed by atoms with Gasteiger partial charge in [0.15, 0.2) is 0 Å². The van der Waals surface area contributed by atoms with Crippen LogP contribution in [0, 0.1) is 0 Å². The molecule has 1 aromatic carbocycles. The second-order valence-electron chi connectivity index (χ2n) is 4.05. The lowest BCUT2D eigenvalue weighted by molar-refractivity contribution is 0.642. The maximum absolute atomic E-state index is 5.63. The highest BCUT2D eigenvalue weighted by atomic mass is 35.5. The van der Waals surface area contributed by atoms with Crippen molar-refractivity contribution in [3.05, 3.63) is 30.1 Å². The number of aromatic nitrogens is 2. The van der Waals surface area contributed by atoms with Gasteiger partial charge in [0.25, 0.3) is 0 Å². The molecule has 0 spiro atoms. The van der Waals surface area contributed by atoms with Crippen LogP contribution in [0.3, 0.4) is 0 Å². The van der Waals surface area contributed by atoms with Gasteiger partial charge < -0.3 is 10.3 Å². The summed E-state index contributed by atoms with van der Waals surface area (Å²) in [7, 11) is 0. The van der Waals surface area contributed by atoms with Gasteiger partial charge in [0.2, 0.25) is 0 Å². The van der Waals surface area contributed by atoms with Gasteiger partial charge >= 0.3 is 0 Å². The van der Waals surface area contributed by atoms with Crippen LogP contribution in [-0.4, -0.2) is 16.1 Å². The molecule has 96 valence electrons. The third-order valence-corrected chi connectivity index (χ3v) is 2.55. The number of nitrogens with two attached hydrogens (primary N) is 1. The van der Waals surface area contributed by atoms with Crippen molar-refractivity contribution in [1.82, 2.24) is 9.55 Å². The van der Waals surface area contributed by atoms with Gasteiger partial charge in [-0.2, -0.15) is 0 Å². The van der Waals surface area contributed by atoms with Gasteiger partial charge in [-0.05, 0) is 12.1 Å². The third kappa shape index (κ3) is 3.12. The van der Waals surface area contributed by atoms with Crippen LogP contribution < -0.4 is 5.73 Å². The number of fused-ring (bicyclic) bond motifs is 1. The van der Waals surface area contributed by atoms with E-state index < -0.39 is 0 Å². The number of benzene rings is 1. The Kier molecular flexibility index (Phi) is 6.53. The van der Waals surface area contributed by atoms with Crippen molar-refractivity contribution < 1.29 is 0 Å². The Balaban J connectivity index is 0.00000128. The Bertz CT molecular complexity index is 466. The van der Waals surface area contributed by atoms with Crippen molar-refractivity contribution in [3.8, 4) is 0 Å². The van der Waals surface area contributed by atoms with Crippen LogP contribution in [0.15, 0.2) is 24.3 Å². The van der Waals surface area contributed by atoms with Crippen molar-refractivity contribution in [2.24, 2.45) is 5.73 Å². The Hall–Kier alpha value is -0.770. The predicted molar refractivity (Wildman–Crippen MR) is 77.4 cm³/mol. The average Bonchev–Trinajstić information content (AvgIpc) is 2.58. The van der Waals surface area contributed by atoms with Gasteiger partial charge in [-0.25, -0.2) is 4.98 Å². The van der Waals surface area contributed by atoms with Crippen LogP contribution >= 0.6 is 24.8 Å². The number of para-hydroxylation sites is 2. The normalized spacial score (nSPS) is 10.1. The number of nitrogens with zero attached hydrogens (tertiary/aromatic N) is 2. The lowest BCUT2D eigenvalue weighted by Crippen LogP contribution is -2.13. The van der Waals surface area contributed by atoms with Gasteiger partial charge in [0, 0.05) is 19.0 Å². The van der Waals surface area contributed by atoms with Crippen molar-refractivity contribution in [2.45, 2.75) is 26.3 Å². The second kappa shape index (κ2) is 6.84. The molecule has 0 saturated heterocycles. The minimum absolute atomic E-state index is 0. The summed E-state index contributed by atoms with van der Waals surface area (Å²) in [6.07, 6.45) is 0. The van der Waals surface area contributed by atoms with Crippen LogP contribution in [0.1, 0.15) is 25.6 Å². The van der Waals surface area contributed by atoms with E-state index in [4.69, 9.17) is 5.73 Å². The molecule has 1 aromatic heterocycles. The average molecular weight is 276 g/mol. The van der Waals surface area contributed by atoms with Gasteiger partial charge in [0.1, 0.15) is 5.82 Å². The molecule has 0 bridgehead atoms. The summed E-state index contributed by atoms with van der Waals surface area (Å²) in [6, 6.07) is 8.21. The molecule has 0 aliphatic rings. The van der Waals surface area contributed by atoms with Gasteiger partial charge in [-0.1, -0.05) is 26.0 Å². The standard InChI is InChI=1S/C12H17N3.2ClH/c1-9(2)12-14-10-5-3-4-6-11(10)15(12)8-7-13;;/h3-6,9H,7-8,13H2,1-2H3;2*1H. The molecule has 0 unspecified atom stereocenters. The van der Waals surface area contributed by atoms with Crippen molar-refractivity contribution in [2.75, 3.05) is 6.54 Å². The molecule has 1 heterocycles. The molecule has 17 heavy (non-hydrogen) atoms. The zero-order valence-electron chi connectivity index (χ0n) is 10.1. The van der Waals surface area contributed by atoms with Crippen molar-refractivity contribution >= 4 is 35.8 Å². The topological polar surface area (TPSA) is 43.8 Å². The van der Waals surface area contributed by atoms with E-state index >= 15 is 0 Å². The predicted octanol–water partition coefficient (Wildman–Crippen LogP) is 2.96. The van der Waals surface area contributed by atoms with E-state index in [-0.39, 0.29) is 24.8 Å². The van der Waals surface area contributed by atoms with E-state index in [2.05, 4.69) is 29.5 Å². The first-order chi connectivity index (χ1) is 7.24. The first-order valence-electron chi connectivity index (χ1n) is 5.39. The van der Waals surface area contributed by atoms with Gasteiger partial charge in [-0.3, -0.25) is 0 Å². The molecule has 3 nitrogen and oxygen atoms in total. The molecule has 0 radical (unpaired) electrons. The van der Waals surface area contributed by atoms with Crippen LogP contribution in [0.2, 0.25) is 0 Å². The minimum atomic E-state index is 0. The number of imidazole rings is 1. The molecule has 0 aliphatic heterocycles. The lowest BCUT2D eigenvalue weighted by atomic mass is 10.2. The van der Waals surface area contributed by atoms with E-state index in [1.165, 1.54) is 5.52 Å². The summed E-state index contributed by atoms with van der Waals surface area (Å²) in [4.78, 5) is 4.64. The summed E-state index contributed by atoms with van der Waals surface area (Å²) in [6.45, 7) is 5.82. The fraction of sp³-hybridized carbons (Fsp3) is 0.417. The maximum Gasteiger partial charge on any atom is 0.112 e. The zero-order chi connectivity index (χ0) is 10.8. The lowest BCUT2D eigenvalue weighted by Gasteiger charge is -2.09. The minimum Gasteiger partial charge on any atom is -0.329 e. The zero-order valence-corrected chi connectivity index (χ0v) is 11.7. The fourth-order valence-electron chi connectivity index (χ4n) is 1.90. The second-order valence-corrected chi connectivity index (χ2v) is 4.05. The molecule has 0 fully saturated rings. The first kappa shape index (κ1) is 16.2. The third-order valence-electron chi connectivity index (χ3n) is 2.55. The summed E-state index contributed by atoms with van der Waals surface area (Å²) in [5, 5.41) is 0. The number of hydrogen-bond donors (Lipinski definition) is 1. The maximum atomic E-state index is 5.63. The van der Waals surface area contributed by atoms with Crippen molar-refractivity contribution in [3.63, 3.8) is 0 Å². The molecule has 2 aromatic rings.